The van der Waals surface area contributed by atoms with Gasteiger partial charge in [-0.2, -0.15) is 5.10 Å². The lowest BCUT2D eigenvalue weighted by molar-refractivity contribution is 0.0294. The minimum atomic E-state index is -0.454. The third-order valence-corrected chi connectivity index (χ3v) is 2.99. The SMILES string of the molecule is CCc1nn(C)c(C(=O)OCCOCCC(C)C)c1N. The van der Waals surface area contributed by atoms with Crippen molar-refractivity contribution in [3.63, 3.8) is 0 Å². The Hall–Kier alpha value is -1.56. The first-order chi connectivity index (χ1) is 9.47. The third kappa shape index (κ3) is 4.52. The first kappa shape index (κ1) is 16.5. The molecular weight excluding hydrogens is 258 g/mol. The van der Waals surface area contributed by atoms with Crippen molar-refractivity contribution in [2.45, 2.75) is 33.6 Å². The highest BCUT2D eigenvalue weighted by Crippen LogP contribution is 2.17. The monoisotopic (exact) mass is 283 g/mol. The van der Waals surface area contributed by atoms with Gasteiger partial charge in [0, 0.05) is 13.7 Å². The standard InChI is InChI=1S/C14H25N3O3/c1-5-11-12(15)13(17(4)16-11)14(18)20-9-8-19-7-6-10(2)3/h10H,5-9,15H2,1-4H3. The number of carbonyl (C=O) groups excluding carboxylic acids is 1. The van der Waals surface area contributed by atoms with Crippen molar-refractivity contribution < 1.29 is 14.3 Å². The molecule has 2 N–H and O–H groups in total. The highest BCUT2D eigenvalue weighted by atomic mass is 16.6. The van der Waals surface area contributed by atoms with Gasteiger partial charge in [0.15, 0.2) is 5.69 Å². The van der Waals surface area contributed by atoms with Crippen LogP contribution in [0.25, 0.3) is 0 Å². The molecule has 20 heavy (non-hydrogen) atoms. The van der Waals surface area contributed by atoms with Gasteiger partial charge in [-0.05, 0) is 18.8 Å². The van der Waals surface area contributed by atoms with Crippen molar-refractivity contribution in [3.8, 4) is 0 Å². The number of nitrogen functional groups attached to an aromatic ring is 1. The minimum absolute atomic E-state index is 0.225. The Morgan fingerprint density at radius 2 is 2.05 bits per heavy atom. The topological polar surface area (TPSA) is 79.4 Å². The summed E-state index contributed by atoms with van der Waals surface area (Å²) in [5.74, 6) is 0.156. The fourth-order valence-electron chi connectivity index (χ4n) is 1.78. The fraction of sp³-hybridized carbons (Fsp3) is 0.714. The van der Waals surface area contributed by atoms with Crippen molar-refractivity contribution in [1.29, 1.82) is 0 Å². The maximum Gasteiger partial charge on any atom is 0.358 e. The molecule has 0 aromatic carbocycles. The molecule has 6 heteroatoms. The van der Waals surface area contributed by atoms with Gasteiger partial charge in [0.05, 0.1) is 18.0 Å². The number of nitrogens with two attached hydrogens (primary N) is 1. The van der Waals surface area contributed by atoms with E-state index in [2.05, 4.69) is 18.9 Å². The Kier molecular flexibility index (Phi) is 6.51. The molecule has 1 rings (SSSR count). The molecule has 0 aliphatic rings. The Morgan fingerprint density at radius 3 is 2.60 bits per heavy atom. The number of rotatable bonds is 8. The van der Waals surface area contributed by atoms with E-state index in [-0.39, 0.29) is 6.61 Å². The molecule has 6 nitrogen and oxygen atoms in total. The average molecular weight is 283 g/mol. The molecular formula is C14H25N3O3. The summed E-state index contributed by atoms with van der Waals surface area (Å²) in [5, 5.41) is 4.19. The molecule has 1 aromatic heterocycles. The van der Waals surface area contributed by atoms with Crippen molar-refractivity contribution in [3.05, 3.63) is 11.4 Å². The minimum Gasteiger partial charge on any atom is -0.458 e. The zero-order chi connectivity index (χ0) is 15.1. The molecule has 0 unspecified atom stereocenters. The number of anilines is 1. The van der Waals surface area contributed by atoms with E-state index in [4.69, 9.17) is 15.2 Å². The number of carbonyl (C=O) groups is 1. The zero-order valence-corrected chi connectivity index (χ0v) is 12.8. The van der Waals surface area contributed by atoms with Gasteiger partial charge in [0.25, 0.3) is 0 Å². The summed E-state index contributed by atoms with van der Waals surface area (Å²) < 4.78 is 12.0. The van der Waals surface area contributed by atoms with Crippen molar-refractivity contribution in [2.75, 3.05) is 25.6 Å². The molecule has 0 bridgehead atoms. The molecule has 1 heterocycles. The van der Waals surface area contributed by atoms with Gasteiger partial charge < -0.3 is 15.2 Å². The van der Waals surface area contributed by atoms with E-state index in [1.165, 1.54) is 4.68 Å². The molecule has 0 amide bonds. The zero-order valence-electron chi connectivity index (χ0n) is 12.8. The summed E-state index contributed by atoms with van der Waals surface area (Å²) in [6.07, 6.45) is 1.69. The molecule has 0 saturated carbocycles. The second kappa shape index (κ2) is 7.89. The highest BCUT2D eigenvalue weighted by molar-refractivity contribution is 5.93. The predicted molar refractivity (Wildman–Crippen MR) is 77.6 cm³/mol. The summed E-state index contributed by atoms with van der Waals surface area (Å²) >= 11 is 0. The first-order valence-electron chi connectivity index (χ1n) is 7.03. The van der Waals surface area contributed by atoms with E-state index in [1.807, 2.05) is 6.92 Å². The number of aromatic nitrogens is 2. The average Bonchev–Trinajstić information content (AvgIpc) is 2.67. The van der Waals surface area contributed by atoms with E-state index in [0.717, 1.165) is 6.42 Å². The van der Waals surface area contributed by atoms with Gasteiger partial charge in [-0.1, -0.05) is 20.8 Å². The van der Waals surface area contributed by atoms with Gasteiger partial charge in [-0.15, -0.1) is 0 Å². The van der Waals surface area contributed by atoms with Gasteiger partial charge >= 0.3 is 5.97 Å². The maximum atomic E-state index is 11.9. The van der Waals surface area contributed by atoms with Gasteiger partial charge in [0.2, 0.25) is 0 Å². The maximum absolute atomic E-state index is 11.9. The second-order valence-electron chi connectivity index (χ2n) is 5.12. The quantitative estimate of drug-likeness (QED) is 0.581. The van der Waals surface area contributed by atoms with Gasteiger partial charge in [0.1, 0.15) is 6.61 Å². The lowest BCUT2D eigenvalue weighted by Gasteiger charge is -2.08. The van der Waals surface area contributed by atoms with Gasteiger partial charge in [-0.3, -0.25) is 4.68 Å². The molecule has 1 aromatic rings. The number of aryl methyl sites for hydroxylation is 2. The van der Waals surface area contributed by atoms with Crippen LogP contribution in [-0.4, -0.2) is 35.6 Å². The lowest BCUT2D eigenvalue weighted by atomic mass is 10.1. The fourth-order valence-corrected chi connectivity index (χ4v) is 1.78. The molecule has 0 spiro atoms. The van der Waals surface area contributed by atoms with Crippen molar-refractivity contribution >= 4 is 11.7 Å². The molecule has 0 saturated heterocycles. The largest absolute Gasteiger partial charge is 0.458 e. The Morgan fingerprint density at radius 1 is 1.35 bits per heavy atom. The van der Waals surface area contributed by atoms with E-state index in [1.54, 1.807) is 7.05 Å². The first-order valence-corrected chi connectivity index (χ1v) is 7.03. The van der Waals surface area contributed by atoms with Crippen LogP contribution in [0.2, 0.25) is 0 Å². The van der Waals surface area contributed by atoms with E-state index in [9.17, 15) is 4.79 Å². The number of esters is 1. The highest BCUT2D eigenvalue weighted by Gasteiger charge is 2.20. The van der Waals surface area contributed by atoms with E-state index >= 15 is 0 Å². The molecule has 0 radical (unpaired) electrons. The Balaban J connectivity index is 2.38. The van der Waals surface area contributed by atoms with E-state index < -0.39 is 5.97 Å². The van der Waals surface area contributed by atoms with Crippen molar-refractivity contribution in [1.82, 2.24) is 9.78 Å². The van der Waals surface area contributed by atoms with Crippen LogP contribution in [0.5, 0.6) is 0 Å². The van der Waals surface area contributed by atoms with Crippen LogP contribution in [0.15, 0.2) is 0 Å². The Bertz CT molecular complexity index is 441. The summed E-state index contributed by atoms with van der Waals surface area (Å²) in [6, 6.07) is 0. The van der Waals surface area contributed by atoms with Crippen LogP contribution < -0.4 is 5.73 Å². The van der Waals surface area contributed by atoms with Crippen LogP contribution >= 0.6 is 0 Å². The number of hydrogen-bond donors (Lipinski definition) is 1. The number of hydrogen-bond acceptors (Lipinski definition) is 5. The molecule has 0 fully saturated rings. The van der Waals surface area contributed by atoms with Crippen LogP contribution in [0.4, 0.5) is 5.69 Å². The molecule has 0 aliphatic heterocycles. The second-order valence-corrected chi connectivity index (χ2v) is 5.12. The van der Waals surface area contributed by atoms with Crippen molar-refractivity contribution in [2.24, 2.45) is 13.0 Å². The summed E-state index contributed by atoms with van der Waals surface area (Å²) in [4.78, 5) is 11.9. The van der Waals surface area contributed by atoms with E-state index in [0.29, 0.717) is 42.6 Å². The van der Waals surface area contributed by atoms with Crippen LogP contribution in [-0.2, 0) is 22.9 Å². The predicted octanol–water partition coefficient (Wildman–Crippen LogP) is 1.78. The molecule has 0 atom stereocenters. The van der Waals surface area contributed by atoms with Crippen LogP contribution in [0.1, 0.15) is 43.4 Å². The number of ether oxygens (including phenoxy) is 2. The van der Waals surface area contributed by atoms with Gasteiger partial charge in [-0.25, -0.2) is 4.79 Å². The number of nitrogens with zero attached hydrogens (tertiary/aromatic N) is 2. The summed E-state index contributed by atoms with van der Waals surface area (Å²) in [7, 11) is 1.69. The summed E-state index contributed by atoms with van der Waals surface area (Å²) in [6.45, 7) is 7.53. The van der Waals surface area contributed by atoms with Crippen LogP contribution in [0.3, 0.4) is 0 Å². The van der Waals surface area contributed by atoms with Crippen LogP contribution in [0, 0.1) is 5.92 Å². The molecule has 0 aliphatic carbocycles. The Labute approximate surface area is 120 Å². The summed E-state index contributed by atoms with van der Waals surface area (Å²) in [5.41, 5.74) is 7.31. The lowest BCUT2D eigenvalue weighted by Crippen LogP contribution is -2.16. The smallest absolute Gasteiger partial charge is 0.358 e. The molecule has 114 valence electrons. The normalized spacial score (nSPS) is 11.1. The third-order valence-electron chi connectivity index (χ3n) is 2.99.